The highest BCUT2D eigenvalue weighted by Crippen LogP contribution is 2.22. The number of nitrogens with two attached hydrogens (primary N) is 1. The number of nitrogens with zero attached hydrogens (tertiary/aromatic N) is 3. The minimum atomic E-state index is 0.0335. The third kappa shape index (κ3) is 3.87. The molecule has 1 aliphatic rings. The van der Waals surface area contributed by atoms with Gasteiger partial charge in [-0.25, -0.2) is 0 Å². The molecular formula is C16H28N4O2. The maximum Gasteiger partial charge on any atom is 0.272 e. The maximum absolute atomic E-state index is 12.8. The van der Waals surface area contributed by atoms with Crippen LogP contribution in [0.15, 0.2) is 6.07 Å². The van der Waals surface area contributed by atoms with Gasteiger partial charge < -0.3 is 15.4 Å². The van der Waals surface area contributed by atoms with Gasteiger partial charge in [0, 0.05) is 25.7 Å². The molecule has 0 unspecified atom stereocenters. The second-order valence-electron chi connectivity index (χ2n) is 6.01. The molecule has 6 heteroatoms. The van der Waals surface area contributed by atoms with E-state index in [1.165, 1.54) is 0 Å². The minimum absolute atomic E-state index is 0.0335. The molecule has 1 fully saturated rings. The van der Waals surface area contributed by atoms with Crippen molar-refractivity contribution in [3.63, 3.8) is 0 Å². The lowest BCUT2D eigenvalue weighted by Gasteiger charge is -2.17. The average molecular weight is 308 g/mol. The van der Waals surface area contributed by atoms with Gasteiger partial charge in [0.2, 0.25) is 0 Å². The lowest BCUT2D eigenvalue weighted by atomic mass is 9.99. The zero-order valence-electron chi connectivity index (χ0n) is 13.9. The van der Waals surface area contributed by atoms with Gasteiger partial charge in [-0.15, -0.1) is 0 Å². The number of rotatable bonds is 7. The van der Waals surface area contributed by atoms with Crippen molar-refractivity contribution in [2.45, 2.75) is 46.2 Å². The molecule has 1 aliphatic heterocycles. The molecule has 124 valence electrons. The lowest BCUT2D eigenvalue weighted by molar-refractivity contribution is 0.0767. The molecule has 2 atom stereocenters. The highest BCUT2D eigenvalue weighted by molar-refractivity contribution is 5.93. The van der Waals surface area contributed by atoms with Crippen LogP contribution in [0.4, 0.5) is 0 Å². The van der Waals surface area contributed by atoms with E-state index in [2.05, 4.69) is 12.0 Å². The summed E-state index contributed by atoms with van der Waals surface area (Å²) in [5, 5.41) is 4.41. The first-order valence-electron chi connectivity index (χ1n) is 8.23. The monoisotopic (exact) mass is 308 g/mol. The van der Waals surface area contributed by atoms with Gasteiger partial charge >= 0.3 is 0 Å². The van der Waals surface area contributed by atoms with Crippen molar-refractivity contribution in [3.8, 4) is 0 Å². The van der Waals surface area contributed by atoms with Crippen LogP contribution in [-0.4, -0.2) is 52.9 Å². The Hall–Kier alpha value is -1.40. The summed E-state index contributed by atoms with van der Waals surface area (Å²) in [6, 6.07) is 1.94. The number of hydrogen-bond donors (Lipinski definition) is 1. The molecule has 2 N–H and O–H groups in total. The van der Waals surface area contributed by atoms with E-state index in [1.54, 1.807) is 4.68 Å². The van der Waals surface area contributed by atoms with Crippen molar-refractivity contribution in [1.82, 2.24) is 14.7 Å². The van der Waals surface area contributed by atoms with Crippen LogP contribution in [0.3, 0.4) is 0 Å². The van der Waals surface area contributed by atoms with Crippen LogP contribution in [0.5, 0.6) is 0 Å². The Morgan fingerprint density at radius 3 is 2.91 bits per heavy atom. The fourth-order valence-electron chi connectivity index (χ4n) is 3.08. The number of aromatic nitrogens is 2. The summed E-state index contributed by atoms with van der Waals surface area (Å²) in [7, 11) is 0. The Bertz CT molecular complexity index is 500. The first kappa shape index (κ1) is 17.0. The zero-order chi connectivity index (χ0) is 16.1. The Balaban J connectivity index is 2.06. The molecule has 0 aliphatic carbocycles. The molecule has 0 saturated carbocycles. The highest BCUT2D eigenvalue weighted by atomic mass is 16.5. The number of carbonyl (C=O) groups excluding carboxylic acids is 1. The predicted molar refractivity (Wildman–Crippen MR) is 85.7 cm³/mol. The zero-order valence-corrected chi connectivity index (χ0v) is 13.9. The normalized spacial score (nSPS) is 21.5. The Morgan fingerprint density at radius 1 is 1.45 bits per heavy atom. The van der Waals surface area contributed by atoms with Crippen LogP contribution < -0.4 is 5.73 Å². The van der Waals surface area contributed by atoms with Crippen LogP contribution in [0.1, 0.15) is 42.9 Å². The van der Waals surface area contributed by atoms with Crippen molar-refractivity contribution in [2.75, 3.05) is 26.3 Å². The summed E-state index contributed by atoms with van der Waals surface area (Å²) >= 11 is 0. The predicted octanol–water partition coefficient (Wildman–Crippen LogP) is 1.43. The average Bonchev–Trinajstić information content (AvgIpc) is 3.03. The van der Waals surface area contributed by atoms with E-state index in [0.29, 0.717) is 37.9 Å². The number of ether oxygens (including phenoxy) is 1. The standard InChI is InChI=1S/C16H28N4O2/c1-4-6-13-10-19(11-14(13)17)16(21)15-9-12(3)18-20(15)7-8-22-5-2/h9,13-14H,4-8,10-11,17H2,1-3H3/t13-,14-/m1/s1. The van der Waals surface area contributed by atoms with Crippen LogP contribution in [0, 0.1) is 12.8 Å². The maximum atomic E-state index is 12.8. The third-order valence-corrected chi connectivity index (χ3v) is 4.21. The SMILES string of the molecule is CCC[C@@H]1CN(C(=O)c2cc(C)nn2CCOCC)C[C@H]1N. The largest absolute Gasteiger partial charge is 0.380 e. The van der Waals surface area contributed by atoms with Gasteiger partial charge in [0.1, 0.15) is 5.69 Å². The smallest absolute Gasteiger partial charge is 0.272 e. The quantitative estimate of drug-likeness (QED) is 0.773. The number of likely N-dealkylation sites (tertiary alicyclic amines) is 1. The van der Waals surface area contributed by atoms with Crippen LogP contribution in [0.2, 0.25) is 0 Å². The second-order valence-corrected chi connectivity index (χ2v) is 6.01. The Morgan fingerprint density at radius 2 is 2.23 bits per heavy atom. The van der Waals surface area contributed by atoms with Gasteiger partial charge in [-0.05, 0) is 32.3 Å². The van der Waals surface area contributed by atoms with Gasteiger partial charge in [0.15, 0.2) is 0 Å². The molecule has 1 saturated heterocycles. The fourth-order valence-corrected chi connectivity index (χ4v) is 3.08. The molecule has 0 aromatic carbocycles. The fraction of sp³-hybridized carbons (Fsp3) is 0.750. The Labute approximate surface area is 132 Å². The molecule has 1 amide bonds. The van der Waals surface area contributed by atoms with E-state index in [1.807, 2.05) is 24.8 Å². The first-order chi connectivity index (χ1) is 10.6. The van der Waals surface area contributed by atoms with Crippen LogP contribution in [0.25, 0.3) is 0 Å². The number of amides is 1. The van der Waals surface area contributed by atoms with E-state index in [-0.39, 0.29) is 11.9 Å². The van der Waals surface area contributed by atoms with Crippen molar-refractivity contribution < 1.29 is 9.53 Å². The van der Waals surface area contributed by atoms with Gasteiger partial charge in [-0.3, -0.25) is 9.48 Å². The molecule has 2 rings (SSSR count). The van der Waals surface area contributed by atoms with Crippen molar-refractivity contribution in [2.24, 2.45) is 11.7 Å². The molecule has 22 heavy (non-hydrogen) atoms. The number of carbonyl (C=O) groups is 1. The summed E-state index contributed by atoms with van der Waals surface area (Å²) < 4.78 is 7.12. The first-order valence-corrected chi connectivity index (χ1v) is 8.23. The third-order valence-electron chi connectivity index (χ3n) is 4.21. The van der Waals surface area contributed by atoms with E-state index in [4.69, 9.17) is 10.5 Å². The molecule has 6 nitrogen and oxygen atoms in total. The Kier molecular flexibility index (Phi) is 5.97. The summed E-state index contributed by atoms with van der Waals surface area (Å²) in [5.41, 5.74) is 7.67. The van der Waals surface area contributed by atoms with E-state index in [0.717, 1.165) is 25.1 Å². The molecule has 0 spiro atoms. The highest BCUT2D eigenvalue weighted by Gasteiger charge is 2.33. The van der Waals surface area contributed by atoms with E-state index >= 15 is 0 Å². The second kappa shape index (κ2) is 7.74. The van der Waals surface area contributed by atoms with Crippen molar-refractivity contribution in [1.29, 1.82) is 0 Å². The molecule has 0 bridgehead atoms. The van der Waals surface area contributed by atoms with Gasteiger partial charge in [0.25, 0.3) is 5.91 Å². The van der Waals surface area contributed by atoms with Gasteiger partial charge in [0.05, 0.1) is 18.8 Å². The molecular weight excluding hydrogens is 280 g/mol. The summed E-state index contributed by atoms with van der Waals surface area (Å²) in [6.07, 6.45) is 2.18. The minimum Gasteiger partial charge on any atom is -0.380 e. The topological polar surface area (TPSA) is 73.4 Å². The molecule has 1 aromatic heterocycles. The molecule has 2 heterocycles. The van der Waals surface area contributed by atoms with Crippen molar-refractivity contribution in [3.05, 3.63) is 17.5 Å². The van der Waals surface area contributed by atoms with Gasteiger partial charge in [-0.1, -0.05) is 13.3 Å². The van der Waals surface area contributed by atoms with Gasteiger partial charge in [-0.2, -0.15) is 5.10 Å². The number of hydrogen-bond acceptors (Lipinski definition) is 4. The van der Waals surface area contributed by atoms with Crippen molar-refractivity contribution >= 4 is 5.91 Å². The summed E-state index contributed by atoms with van der Waals surface area (Å²) in [4.78, 5) is 14.7. The summed E-state index contributed by atoms with van der Waals surface area (Å²) in [5.74, 6) is 0.445. The van der Waals surface area contributed by atoms with E-state index < -0.39 is 0 Å². The summed E-state index contributed by atoms with van der Waals surface area (Å²) in [6.45, 7) is 9.25. The number of aryl methyl sites for hydroxylation is 1. The van der Waals surface area contributed by atoms with E-state index in [9.17, 15) is 4.79 Å². The molecule has 0 radical (unpaired) electrons. The lowest BCUT2D eigenvalue weighted by Crippen LogP contribution is -2.33. The van der Waals surface area contributed by atoms with Crippen LogP contribution in [-0.2, 0) is 11.3 Å². The van der Waals surface area contributed by atoms with Crippen LogP contribution >= 0.6 is 0 Å². The molecule has 1 aromatic rings.